The van der Waals surface area contributed by atoms with Crippen LogP contribution in [0.2, 0.25) is 0 Å². The summed E-state index contributed by atoms with van der Waals surface area (Å²) in [4.78, 5) is 21.3. The molecule has 4 heterocycles. The monoisotopic (exact) mass is 425 g/mol. The highest BCUT2D eigenvalue weighted by atomic mass is 32.1. The Labute approximate surface area is 177 Å². The molecule has 9 heteroatoms. The van der Waals surface area contributed by atoms with Gasteiger partial charge in [0.15, 0.2) is 10.8 Å². The molecule has 3 aliphatic rings. The van der Waals surface area contributed by atoms with Crippen LogP contribution in [0.5, 0.6) is 0 Å². The van der Waals surface area contributed by atoms with Crippen molar-refractivity contribution in [2.75, 3.05) is 18.1 Å². The summed E-state index contributed by atoms with van der Waals surface area (Å²) >= 11 is 1.59. The van der Waals surface area contributed by atoms with Gasteiger partial charge in [0.2, 0.25) is 0 Å². The van der Waals surface area contributed by atoms with Crippen molar-refractivity contribution < 1.29 is 14.1 Å². The molecule has 1 saturated heterocycles. The number of fused-ring (bicyclic) bond motifs is 3. The summed E-state index contributed by atoms with van der Waals surface area (Å²) < 4.78 is 13.2. The lowest BCUT2D eigenvalue weighted by atomic mass is 10.0. The normalized spacial score (nSPS) is 20.2. The molecule has 0 spiro atoms. The molecule has 1 saturated carbocycles. The summed E-state index contributed by atoms with van der Waals surface area (Å²) in [6.45, 7) is 1.23. The molecular formula is C21H23N5O3S. The van der Waals surface area contributed by atoms with E-state index >= 15 is 0 Å². The number of hydrogen-bond acceptors (Lipinski definition) is 7. The molecule has 2 aliphatic carbocycles. The number of ether oxygens (including phenoxy) is 1. The average Bonchev–Trinajstić information content (AvgIpc) is 3.19. The quantitative estimate of drug-likeness (QED) is 0.623. The van der Waals surface area contributed by atoms with Crippen LogP contribution in [0, 0.1) is 0 Å². The van der Waals surface area contributed by atoms with E-state index in [0.29, 0.717) is 23.3 Å². The van der Waals surface area contributed by atoms with Crippen LogP contribution < -0.4 is 4.90 Å². The van der Waals surface area contributed by atoms with Gasteiger partial charge in [0, 0.05) is 41.8 Å². The maximum atomic E-state index is 13.5. The van der Waals surface area contributed by atoms with Crippen molar-refractivity contribution in [2.45, 2.75) is 50.5 Å². The second-order valence-electron chi connectivity index (χ2n) is 8.34. The number of amides is 1. The van der Waals surface area contributed by atoms with Crippen LogP contribution in [-0.4, -0.2) is 45.1 Å². The molecule has 156 valence electrons. The van der Waals surface area contributed by atoms with Crippen molar-refractivity contribution in [1.29, 1.82) is 0 Å². The van der Waals surface area contributed by atoms with Gasteiger partial charge in [-0.2, -0.15) is 5.10 Å². The molecule has 0 N–H and O–H groups in total. The standard InChI is InChI=1S/C21H23N5O3S/c1-25-16-6-7-18-19(14(16)10-22-25)23-21(30-18)26(11-13-3-2-8-28-13)20(27)15-9-17(29-24-15)12-4-5-12/h9-10,12-13H,2-8,11H2,1H3/t13-/m0/s1. The molecule has 1 aliphatic heterocycles. The fraction of sp³-hybridized carbons (Fsp3) is 0.524. The van der Waals surface area contributed by atoms with E-state index in [-0.39, 0.29) is 12.0 Å². The van der Waals surface area contributed by atoms with Gasteiger partial charge in [0.05, 0.1) is 24.5 Å². The summed E-state index contributed by atoms with van der Waals surface area (Å²) in [6, 6.07) is 1.80. The summed E-state index contributed by atoms with van der Waals surface area (Å²) in [6.07, 6.45) is 7.95. The van der Waals surface area contributed by atoms with Gasteiger partial charge < -0.3 is 9.26 Å². The Kier molecular flexibility index (Phi) is 4.28. The molecular weight excluding hydrogens is 402 g/mol. The third kappa shape index (κ3) is 3.07. The smallest absolute Gasteiger partial charge is 0.282 e. The largest absolute Gasteiger partial charge is 0.376 e. The molecule has 2 fully saturated rings. The van der Waals surface area contributed by atoms with Crippen molar-refractivity contribution in [3.63, 3.8) is 0 Å². The van der Waals surface area contributed by atoms with Crippen LogP contribution >= 0.6 is 11.3 Å². The third-order valence-corrected chi connectivity index (χ3v) is 7.34. The Balaban J connectivity index is 1.35. The second kappa shape index (κ2) is 7.02. The molecule has 0 bridgehead atoms. The third-order valence-electron chi connectivity index (χ3n) is 6.21. The predicted molar refractivity (Wildman–Crippen MR) is 111 cm³/mol. The zero-order valence-electron chi connectivity index (χ0n) is 16.8. The van der Waals surface area contributed by atoms with Gasteiger partial charge in [0.25, 0.3) is 5.91 Å². The van der Waals surface area contributed by atoms with Crippen molar-refractivity contribution >= 4 is 22.4 Å². The Morgan fingerprint density at radius 3 is 3.03 bits per heavy atom. The zero-order valence-corrected chi connectivity index (χ0v) is 17.7. The van der Waals surface area contributed by atoms with E-state index in [1.807, 2.05) is 17.9 Å². The summed E-state index contributed by atoms with van der Waals surface area (Å²) in [5.41, 5.74) is 3.57. The Hall–Kier alpha value is -2.52. The fourth-order valence-electron chi connectivity index (χ4n) is 4.35. The van der Waals surface area contributed by atoms with Crippen LogP contribution in [-0.2, 0) is 24.6 Å². The molecule has 1 amide bonds. The number of anilines is 1. The maximum absolute atomic E-state index is 13.5. The summed E-state index contributed by atoms with van der Waals surface area (Å²) in [5.74, 6) is 1.06. The molecule has 30 heavy (non-hydrogen) atoms. The highest BCUT2D eigenvalue weighted by Crippen LogP contribution is 2.41. The first-order chi connectivity index (χ1) is 14.7. The van der Waals surface area contributed by atoms with Gasteiger partial charge in [-0.15, -0.1) is 11.3 Å². The minimum atomic E-state index is -0.168. The lowest BCUT2D eigenvalue weighted by Crippen LogP contribution is -2.37. The van der Waals surface area contributed by atoms with Crippen molar-refractivity contribution in [3.8, 4) is 11.3 Å². The zero-order chi connectivity index (χ0) is 20.2. The number of carbonyl (C=O) groups is 1. The van der Waals surface area contributed by atoms with Crippen molar-refractivity contribution in [1.82, 2.24) is 19.9 Å². The van der Waals surface area contributed by atoms with E-state index in [9.17, 15) is 4.79 Å². The van der Waals surface area contributed by atoms with Gasteiger partial charge in [-0.3, -0.25) is 14.4 Å². The van der Waals surface area contributed by atoms with Crippen LogP contribution in [0.1, 0.15) is 58.4 Å². The first kappa shape index (κ1) is 18.3. The van der Waals surface area contributed by atoms with Crippen LogP contribution in [0.25, 0.3) is 11.3 Å². The first-order valence-corrected chi connectivity index (χ1v) is 11.4. The number of carbonyl (C=O) groups excluding carboxylic acids is 1. The molecule has 0 unspecified atom stereocenters. The highest BCUT2D eigenvalue weighted by molar-refractivity contribution is 7.16. The van der Waals surface area contributed by atoms with E-state index < -0.39 is 0 Å². The molecule has 3 aromatic heterocycles. The lowest BCUT2D eigenvalue weighted by Gasteiger charge is -2.22. The summed E-state index contributed by atoms with van der Waals surface area (Å²) in [7, 11) is 1.96. The van der Waals surface area contributed by atoms with E-state index in [4.69, 9.17) is 14.2 Å². The minimum absolute atomic E-state index is 0.0265. The molecule has 0 aromatic carbocycles. The topological polar surface area (TPSA) is 86.3 Å². The van der Waals surface area contributed by atoms with Crippen LogP contribution in [0.4, 0.5) is 5.13 Å². The molecule has 6 rings (SSSR count). The van der Waals surface area contributed by atoms with E-state index in [2.05, 4.69) is 10.3 Å². The highest BCUT2D eigenvalue weighted by Gasteiger charge is 2.33. The van der Waals surface area contributed by atoms with E-state index in [1.165, 1.54) is 10.6 Å². The van der Waals surface area contributed by atoms with E-state index in [1.54, 1.807) is 22.3 Å². The number of aromatic nitrogens is 4. The van der Waals surface area contributed by atoms with E-state index in [0.717, 1.165) is 62.1 Å². The number of thiazole rings is 1. The maximum Gasteiger partial charge on any atom is 0.282 e. The number of hydrogen-bond donors (Lipinski definition) is 0. The Morgan fingerprint density at radius 2 is 2.23 bits per heavy atom. The molecule has 3 aromatic rings. The Bertz CT molecular complexity index is 1110. The second-order valence-corrected chi connectivity index (χ2v) is 9.40. The van der Waals surface area contributed by atoms with Gasteiger partial charge in [-0.25, -0.2) is 4.98 Å². The van der Waals surface area contributed by atoms with Gasteiger partial charge in [-0.05, 0) is 38.5 Å². The van der Waals surface area contributed by atoms with Crippen LogP contribution in [0.3, 0.4) is 0 Å². The van der Waals surface area contributed by atoms with Crippen molar-refractivity contribution in [3.05, 3.63) is 34.3 Å². The number of nitrogens with zero attached hydrogens (tertiary/aromatic N) is 5. The number of rotatable bonds is 5. The number of aryl methyl sites for hydroxylation is 2. The summed E-state index contributed by atoms with van der Waals surface area (Å²) in [5, 5.41) is 9.18. The van der Waals surface area contributed by atoms with Crippen LogP contribution in [0.15, 0.2) is 16.8 Å². The average molecular weight is 426 g/mol. The molecule has 8 nitrogen and oxygen atoms in total. The first-order valence-electron chi connectivity index (χ1n) is 10.6. The Morgan fingerprint density at radius 1 is 1.33 bits per heavy atom. The molecule has 0 radical (unpaired) electrons. The van der Waals surface area contributed by atoms with Gasteiger partial charge >= 0.3 is 0 Å². The fourth-order valence-corrected chi connectivity index (χ4v) is 5.43. The predicted octanol–water partition coefficient (Wildman–Crippen LogP) is 3.33. The lowest BCUT2D eigenvalue weighted by molar-refractivity contribution is 0.0910. The molecule has 1 atom stereocenters. The van der Waals surface area contributed by atoms with Crippen molar-refractivity contribution in [2.24, 2.45) is 7.05 Å². The van der Waals surface area contributed by atoms with Gasteiger partial charge in [-0.1, -0.05) is 5.16 Å². The SMILES string of the molecule is Cn1ncc2c1CCc1sc(N(C[C@@H]3CCCO3)C(=O)c3cc(C4CC4)on3)nc1-2. The minimum Gasteiger partial charge on any atom is -0.376 e. The van der Waals surface area contributed by atoms with Gasteiger partial charge in [0.1, 0.15) is 5.76 Å².